The van der Waals surface area contributed by atoms with Gasteiger partial charge in [0.05, 0.1) is 5.56 Å². The summed E-state index contributed by atoms with van der Waals surface area (Å²) in [6.45, 7) is 2.09. The first-order chi connectivity index (χ1) is 10.0. The third-order valence-electron chi connectivity index (χ3n) is 3.35. The minimum atomic E-state index is -0.915. The minimum Gasteiger partial charge on any atom is -0.508 e. The molecule has 0 aromatic heterocycles. The monoisotopic (exact) mass is 285 g/mol. The van der Waals surface area contributed by atoms with Crippen molar-refractivity contribution < 1.29 is 15.0 Å². The predicted octanol–water partition coefficient (Wildman–Crippen LogP) is 3.52. The van der Waals surface area contributed by atoms with E-state index in [9.17, 15) is 9.90 Å². The van der Waals surface area contributed by atoms with Gasteiger partial charge in [-0.15, -0.1) is 0 Å². The standard InChI is InChI=1S/C17H19NO3/c1-12(2-3-13-4-10-16(19)11-5-13)18-15-8-6-14(7-9-15)17(20)21/h4-12,18-19H,2-3H2,1H3,(H,20,21). The van der Waals surface area contributed by atoms with Crippen molar-refractivity contribution in [1.82, 2.24) is 0 Å². The van der Waals surface area contributed by atoms with Crippen LogP contribution in [0, 0.1) is 0 Å². The van der Waals surface area contributed by atoms with Gasteiger partial charge in [0.15, 0.2) is 0 Å². The Hall–Kier alpha value is -2.49. The molecule has 21 heavy (non-hydrogen) atoms. The third-order valence-corrected chi connectivity index (χ3v) is 3.35. The third kappa shape index (κ3) is 4.53. The zero-order valence-electron chi connectivity index (χ0n) is 11.9. The number of rotatable bonds is 6. The van der Waals surface area contributed by atoms with Crippen LogP contribution in [0.2, 0.25) is 0 Å². The zero-order valence-corrected chi connectivity index (χ0v) is 11.9. The molecule has 2 aromatic carbocycles. The lowest BCUT2D eigenvalue weighted by atomic mass is 10.1. The second kappa shape index (κ2) is 6.79. The average molecular weight is 285 g/mol. The molecule has 1 unspecified atom stereocenters. The molecular weight excluding hydrogens is 266 g/mol. The van der Waals surface area contributed by atoms with Crippen LogP contribution in [0.25, 0.3) is 0 Å². The molecule has 0 saturated heterocycles. The number of nitrogens with one attached hydrogen (secondary N) is 1. The van der Waals surface area contributed by atoms with Crippen LogP contribution in [0.3, 0.4) is 0 Å². The number of hydrogen-bond acceptors (Lipinski definition) is 3. The van der Waals surface area contributed by atoms with E-state index in [4.69, 9.17) is 5.11 Å². The first-order valence-electron chi connectivity index (χ1n) is 6.92. The maximum Gasteiger partial charge on any atom is 0.335 e. The number of phenolic OH excluding ortho intramolecular Hbond substituents is 1. The Bertz CT molecular complexity index is 590. The molecular formula is C17H19NO3. The summed E-state index contributed by atoms with van der Waals surface area (Å²) < 4.78 is 0. The molecule has 110 valence electrons. The Morgan fingerprint density at radius 3 is 2.29 bits per heavy atom. The lowest BCUT2D eigenvalue weighted by Gasteiger charge is -2.15. The van der Waals surface area contributed by atoms with Crippen LogP contribution in [0.15, 0.2) is 48.5 Å². The number of benzene rings is 2. The van der Waals surface area contributed by atoms with Crippen LogP contribution >= 0.6 is 0 Å². The molecule has 2 rings (SSSR count). The van der Waals surface area contributed by atoms with Gasteiger partial charge in [0.1, 0.15) is 5.75 Å². The van der Waals surface area contributed by atoms with E-state index in [1.165, 1.54) is 5.56 Å². The number of aromatic hydroxyl groups is 1. The van der Waals surface area contributed by atoms with E-state index >= 15 is 0 Å². The number of aromatic carboxylic acids is 1. The highest BCUT2D eigenvalue weighted by molar-refractivity contribution is 5.87. The summed E-state index contributed by atoms with van der Waals surface area (Å²) in [4.78, 5) is 10.8. The number of carboxylic acid groups (broad SMARTS) is 1. The van der Waals surface area contributed by atoms with Crippen molar-refractivity contribution >= 4 is 11.7 Å². The second-order valence-electron chi connectivity index (χ2n) is 5.13. The van der Waals surface area contributed by atoms with Gasteiger partial charge in [0.2, 0.25) is 0 Å². The number of aryl methyl sites for hydroxylation is 1. The first-order valence-corrected chi connectivity index (χ1v) is 6.92. The van der Waals surface area contributed by atoms with E-state index in [2.05, 4.69) is 12.2 Å². The topological polar surface area (TPSA) is 69.6 Å². The summed E-state index contributed by atoms with van der Waals surface area (Å²) in [7, 11) is 0. The Morgan fingerprint density at radius 2 is 1.71 bits per heavy atom. The van der Waals surface area contributed by atoms with Crippen molar-refractivity contribution in [3.05, 3.63) is 59.7 Å². The number of phenols is 1. The van der Waals surface area contributed by atoms with Crippen LogP contribution in [0.1, 0.15) is 29.3 Å². The van der Waals surface area contributed by atoms with Gasteiger partial charge in [-0.1, -0.05) is 12.1 Å². The lowest BCUT2D eigenvalue weighted by molar-refractivity contribution is 0.0697. The van der Waals surface area contributed by atoms with E-state index in [0.29, 0.717) is 0 Å². The largest absolute Gasteiger partial charge is 0.508 e. The van der Waals surface area contributed by atoms with E-state index in [1.54, 1.807) is 36.4 Å². The van der Waals surface area contributed by atoms with Crippen molar-refractivity contribution in [3.8, 4) is 5.75 Å². The molecule has 4 heteroatoms. The molecule has 0 heterocycles. The second-order valence-corrected chi connectivity index (χ2v) is 5.13. The fourth-order valence-electron chi connectivity index (χ4n) is 2.11. The highest BCUT2D eigenvalue weighted by Crippen LogP contribution is 2.15. The minimum absolute atomic E-state index is 0.273. The van der Waals surface area contributed by atoms with Crippen LogP contribution in [-0.2, 0) is 6.42 Å². The predicted molar refractivity (Wildman–Crippen MR) is 82.9 cm³/mol. The summed E-state index contributed by atoms with van der Waals surface area (Å²) in [5.41, 5.74) is 2.39. The number of hydrogen-bond donors (Lipinski definition) is 3. The summed E-state index contributed by atoms with van der Waals surface area (Å²) in [5, 5.41) is 21.4. The van der Waals surface area contributed by atoms with Gasteiger partial charge in [0.25, 0.3) is 0 Å². The molecule has 0 aliphatic heterocycles. The highest BCUT2D eigenvalue weighted by atomic mass is 16.4. The van der Waals surface area contributed by atoms with Gasteiger partial charge in [0, 0.05) is 11.7 Å². The van der Waals surface area contributed by atoms with Gasteiger partial charge >= 0.3 is 5.97 Å². The number of carbonyl (C=O) groups is 1. The van der Waals surface area contributed by atoms with E-state index in [1.807, 2.05) is 12.1 Å². The molecule has 0 bridgehead atoms. The van der Waals surface area contributed by atoms with Crippen LogP contribution in [0.4, 0.5) is 5.69 Å². The molecule has 2 aromatic rings. The van der Waals surface area contributed by atoms with Crippen LogP contribution in [0.5, 0.6) is 5.75 Å². The van der Waals surface area contributed by atoms with Gasteiger partial charge < -0.3 is 15.5 Å². The average Bonchev–Trinajstić information content (AvgIpc) is 2.47. The molecule has 3 N–H and O–H groups in total. The fourth-order valence-corrected chi connectivity index (χ4v) is 2.11. The molecule has 0 amide bonds. The lowest BCUT2D eigenvalue weighted by Crippen LogP contribution is -2.16. The van der Waals surface area contributed by atoms with Crippen LogP contribution in [-0.4, -0.2) is 22.2 Å². The number of carboxylic acids is 1. The summed E-state index contributed by atoms with van der Waals surface area (Å²) in [6.07, 6.45) is 1.87. The Morgan fingerprint density at radius 1 is 1.10 bits per heavy atom. The smallest absolute Gasteiger partial charge is 0.335 e. The maximum atomic E-state index is 10.8. The molecule has 0 fully saturated rings. The first kappa shape index (κ1) is 14.9. The normalized spacial score (nSPS) is 11.9. The van der Waals surface area contributed by atoms with E-state index in [0.717, 1.165) is 18.5 Å². The Kier molecular flexibility index (Phi) is 4.82. The molecule has 0 aliphatic carbocycles. The Labute approximate surface area is 124 Å². The summed E-state index contributed by atoms with van der Waals surface area (Å²) in [5.74, 6) is -0.634. The van der Waals surface area contributed by atoms with Crippen molar-refractivity contribution in [3.63, 3.8) is 0 Å². The molecule has 4 nitrogen and oxygen atoms in total. The van der Waals surface area contributed by atoms with Crippen molar-refractivity contribution in [1.29, 1.82) is 0 Å². The van der Waals surface area contributed by atoms with Crippen LogP contribution < -0.4 is 5.32 Å². The Balaban J connectivity index is 1.85. The maximum absolute atomic E-state index is 10.8. The van der Waals surface area contributed by atoms with Crippen molar-refractivity contribution in [2.24, 2.45) is 0 Å². The molecule has 0 saturated carbocycles. The van der Waals surface area contributed by atoms with Gasteiger partial charge in [-0.05, 0) is 61.7 Å². The van der Waals surface area contributed by atoms with Crippen molar-refractivity contribution in [2.75, 3.05) is 5.32 Å². The van der Waals surface area contributed by atoms with Gasteiger partial charge in [-0.3, -0.25) is 0 Å². The molecule has 0 radical (unpaired) electrons. The van der Waals surface area contributed by atoms with Gasteiger partial charge in [-0.25, -0.2) is 4.79 Å². The van der Waals surface area contributed by atoms with E-state index < -0.39 is 5.97 Å². The summed E-state index contributed by atoms with van der Waals surface area (Å²) in [6, 6.07) is 14.2. The van der Waals surface area contributed by atoms with E-state index in [-0.39, 0.29) is 17.4 Å². The molecule has 0 aliphatic rings. The molecule has 1 atom stereocenters. The van der Waals surface area contributed by atoms with Crippen molar-refractivity contribution in [2.45, 2.75) is 25.8 Å². The number of anilines is 1. The highest BCUT2D eigenvalue weighted by Gasteiger charge is 2.05. The quantitative estimate of drug-likeness (QED) is 0.759. The fraction of sp³-hybridized carbons (Fsp3) is 0.235. The summed E-state index contributed by atoms with van der Waals surface area (Å²) >= 11 is 0. The zero-order chi connectivity index (χ0) is 15.2. The molecule has 0 spiro atoms. The SMILES string of the molecule is CC(CCc1ccc(O)cc1)Nc1ccc(C(=O)O)cc1. The van der Waals surface area contributed by atoms with Gasteiger partial charge in [-0.2, -0.15) is 0 Å².